The highest BCUT2D eigenvalue weighted by atomic mass is 16.5. The van der Waals surface area contributed by atoms with Crippen molar-refractivity contribution in [2.45, 2.75) is 78.6 Å². The lowest BCUT2D eigenvalue weighted by Gasteiger charge is -2.47. The van der Waals surface area contributed by atoms with Gasteiger partial charge in [-0.3, -0.25) is 0 Å². The van der Waals surface area contributed by atoms with Crippen molar-refractivity contribution in [1.82, 2.24) is 0 Å². The summed E-state index contributed by atoms with van der Waals surface area (Å²) in [6.07, 6.45) is 0. The number of rotatable bonds is 9. The lowest BCUT2D eigenvalue weighted by molar-refractivity contribution is 0.477. The van der Waals surface area contributed by atoms with Crippen LogP contribution in [0.15, 0.2) is 332 Å². The molecule has 4 aliphatic heterocycles. The van der Waals surface area contributed by atoms with Crippen LogP contribution >= 0.6 is 0 Å². The zero-order valence-electron chi connectivity index (χ0n) is 63.3. The van der Waals surface area contributed by atoms with E-state index in [1.165, 1.54) is 22.2 Å². The van der Waals surface area contributed by atoms with Gasteiger partial charge in [-0.15, -0.1) is 0 Å². The largest absolute Gasteiger partial charge is 0.456 e. The number of hydrogen-bond acceptors (Lipinski definition) is 7. The Bertz CT molecular complexity index is 6230. The van der Waals surface area contributed by atoms with Gasteiger partial charge in [-0.1, -0.05) is 269 Å². The molecule has 530 valence electrons. The molecular formula is C102H81BN4O3. The predicted octanol–water partition coefficient (Wildman–Crippen LogP) is 27.0. The zero-order valence-corrected chi connectivity index (χ0v) is 63.3. The first-order valence-electron chi connectivity index (χ1n) is 38.4. The molecule has 0 atom stereocenters. The van der Waals surface area contributed by atoms with Crippen molar-refractivity contribution < 1.29 is 13.9 Å². The maximum atomic E-state index is 6.96. The van der Waals surface area contributed by atoms with Crippen LogP contribution in [0, 0.1) is 0 Å². The Morgan fingerprint density at radius 2 is 0.636 bits per heavy atom. The van der Waals surface area contributed by atoms with E-state index < -0.39 is 0 Å². The van der Waals surface area contributed by atoms with Crippen molar-refractivity contribution in [2.24, 2.45) is 0 Å². The molecule has 0 fully saturated rings. The monoisotopic (exact) mass is 1420 g/mol. The minimum absolute atomic E-state index is 0.101. The number of para-hydroxylation sites is 9. The number of nitrogens with zero attached hydrogens (tertiary/aromatic N) is 4. The summed E-state index contributed by atoms with van der Waals surface area (Å²) in [6.45, 7) is 20.7. The van der Waals surface area contributed by atoms with Crippen LogP contribution in [0.2, 0.25) is 0 Å². The molecule has 110 heavy (non-hydrogen) atoms. The first-order chi connectivity index (χ1) is 53.5. The third-order valence-electron chi connectivity index (χ3n) is 22.9. The summed E-state index contributed by atoms with van der Waals surface area (Å²) < 4.78 is 20.6. The van der Waals surface area contributed by atoms with E-state index in [1.54, 1.807) is 0 Å². The van der Waals surface area contributed by atoms with Crippen LogP contribution in [-0.4, -0.2) is 6.71 Å². The second-order valence-electron chi connectivity index (χ2n) is 32.8. The first kappa shape index (κ1) is 66.4. The normalized spacial score (nSPS) is 13.4. The Hall–Kier alpha value is -13.0. The van der Waals surface area contributed by atoms with E-state index in [0.717, 1.165) is 180 Å². The molecule has 15 aromatic carbocycles. The molecule has 16 aromatic rings. The maximum Gasteiger partial charge on any atom is 0.252 e. The summed E-state index contributed by atoms with van der Waals surface area (Å²) >= 11 is 0. The number of hydrogen-bond donors (Lipinski definition) is 0. The van der Waals surface area contributed by atoms with E-state index in [9.17, 15) is 0 Å². The predicted molar refractivity (Wildman–Crippen MR) is 461 cm³/mol. The van der Waals surface area contributed by atoms with Gasteiger partial charge in [0.2, 0.25) is 0 Å². The number of fused-ring (bicyclic) bond motifs is 11. The van der Waals surface area contributed by atoms with E-state index in [2.05, 4.69) is 409 Å². The van der Waals surface area contributed by atoms with Crippen LogP contribution in [-0.2, 0) is 16.2 Å². The Balaban J connectivity index is 0.983. The standard InChI is InChI=1S/C102H81BN4O3/c1-100(2,3)69-50-48-67(49-51-69)78-60-71(102(7,8)9)61-79(74-37-29-47-95-96(74)75-36-19-24-42-90(75)108-95)99(78)107-87-63-73(105-84-40-22-27-45-93(84)110-94-46-28-23-41-85(94)105)53-55-81(87)103-80-54-52-72(104-82-38-20-25-43-91(82)109-92-44-26-21-39-83(92)104)62-86(80)106(88-56-68(57-89(107)97(88)103)64-30-13-10-14-31-64)98-76(65-32-15-11-16-33-65)58-70(101(4,5)6)59-77(98)66-34-17-12-18-35-66/h10-63H,1-9H3. The number of furan rings is 1. The fourth-order valence-electron chi connectivity index (χ4n) is 17.4. The molecule has 0 aliphatic carbocycles. The van der Waals surface area contributed by atoms with Gasteiger partial charge in [0.25, 0.3) is 6.71 Å². The Morgan fingerprint density at radius 1 is 0.255 bits per heavy atom. The van der Waals surface area contributed by atoms with Gasteiger partial charge in [0.1, 0.15) is 11.2 Å². The van der Waals surface area contributed by atoms with Gasteiger partial charge in [-0.2, -0.15) is 0 Å². The van der Waals surface area contributed by atoms with Crippen molar-refractivity contribution in [1.29, 1.82) is 0 Å². The lowest BCUT2D eigenvalue weighted by atomic mass is 9.33. The van der Waals surface area contributed by atoms with E-state index >= 15 is 0 Å². The van der Waals surface area contributed by atoms with Crippen LogP contribution < -0.4 is 45.5 Å². The fourth-order valence-corrected chi connectivity index (χ4v) is 17.4. The summed E-state index contributed by atoms with van der Waals surface area (Å²) in [4.78, 5) is 10.2. The summed E-state index contributed by atoms with van der Waals surface area (Å²) in [5.41, 5.74) is 31.4. The zero-order chi connectivity index (χ0) is 74.5. The van der Waals surface area contributed by atoms with Gasteiger partial charge in [0.15, 0.2) is 23.0 Å². The third kappa shape index (κ3) is 10.9. The van der Waals surface area contributed by atoms with Crippen LogP contribution in [0.25, 0.3) is 77.6 Å². The van der Waals surface area contributed by atoms with Crippen LogP contribution in [0.3, 0.4) is 0 Å². The molecule has 0 saturated carbocycles. The van der Waals surface area contributed by atoms with Crippen molar-refractivity contribution in [3.63, 3.8) is 0 Å². The fraction of sp³-hybridized carbons (Fsp3) is 0.118. The number of benzene rings is 15. The molecule has 0 bridgehead atoms. The van der Waals surface area contributed by atoms with Crippen LogP contribution in [0.4, 0.5) is 68.2 Å². The second-order valence-corrected chi connectivity index (χ2v) is 32.8. The molecule has 4 aliphatic rings. The third-order valence-corrected chi connectivity index (χ3v) is 22.9. The minimum atomic E-state index is -0.346. The molecule has 0 radical (unpaired) electrons. The highest BCUT2D eigenvalue weighted by molar-refractivity contribution is 7.00. The van der Waals surface area contributed by atoms with Gasteiger partial charge < -0.3 is 33.5 Å². The van der Waals surface area contributed by atoms with Crippen molar-refractivity contribution in [3.8, 4) is 78.6 Å². The SMILES string of the molecule is CC(C)(C)c1ccc(-c2cc(C(C)(C)C)cc(-c3cccc4oc5ccccc5c34)c2N2c3cc(N4c5ccccc5Oc5ccccc54)ccc3B3c4ccc(N5c6ccccc6Oc6ccccc65)cc4N(c4c(-c5ccccc5)cc(C(C)(C)C)cc4-c4ccccc4)c4cc(-c5ccccc5)cc2c43)cc1. The topological polar surface area (TPSA) is 44.6 Å². The first-order valence-corrected chi connectivity index (χ1v) is 38.4. The molecule has 0 amide bonds. The Morgan fingerprint density at radius 3 is 1.09 bits per heavy atom. The van der Waals surface area contributed by atoms with E-state index in [1.807, 2.05) is 0 Å². The van der Waals surface area contributed by atoms with Crippen LogP contribution in [0.1, 0.15) is 79.0 Å². The van der Waals surface area contributed by atoms with Gasteiger partial charge in [0.05, 0.1) is 34.1 Å². The average molecular weight is 1420 g/mol. The highest BCUT2D eigenvalue weighted by Crippen LogP contribution is 2.59. The molecule has 8 heteroatoms. The maximum absolute atomic E-state index is 6.96. The lowest BCUT2D eigenvalue weighted by Crippen LogP contribution is -2.61. The molecular weight excluding hydrogens is 1340 g/mol. The van der Waals surface area contributed by atoms with E-state index in [4.69, 9.17) is 13.9 Å². The number of ether oxygens (including phenoxy) is 2. The van der Waals surface area contributed by atoms with Gasteiger partial charge in [-0.05, 0) is 204 Å². The number of anilines is 12. The summed E-state index contributed by atoms with van der Waals surface area (Å²) in [5, 5.41) is 2.13. The van der Waals surface area contributed by atoms with Crippen molar-refractivity contribution >= 4 is 113 Å². The quantitative estimate of drug-likeness (QED) is 0.133. The van der Waals surface area contributed by atoms with Crippen molar-refractivity contribution in [3.05, 3.63) is 344 Å². The van der Waals surface area contributed by atoms with Gasteiger partial charge in [-0.25, -0.2) is 0 Å². The minimum Gasteiger partial charge on any atom is -0.456 e. The molecule has 0 N–H and O–H groups in total. The Labute approximate surface area is 644 Å². The van der Waals surface area contributed by atoms with Crippen LogP contribution in [0.5, 0.6) is 23.0 Å². The van der Waals surface area contributed by atoms with Gasteiger partial charge in [0, 0.05) is 67.2 Å². The molecule has 20 rings (SSSR count). The smallest absolute Gasteiger partial charge is 0.252 e. The Kier molecular flexibility index (Phi) is 15.3. The highest BCUT2D eigenvalue weighted by Gasteiger charge is 2.47. The molecule has 7 nitrogen and oxygen atoms in total. The molecule has 0 spiro atoms. The molecule has 0 saturated heterocycles. The van der Waals surface area contributed by atoms with Gasteiger partial charge >= 0.3 is 0 Å². The van der Waals surface area contributed by atoms with Crippen molar-refractivity contribution in [2.75, 3.05) is 19.6 Å². The second kappa shape index (κ2) is 25.3. The van der Waals surface area contributed by atoms with E-state index in [0.29, 0.717) is 0 Å². The molecule has 0 unspecified atom stereocenters. The molecule has 1 aromatic heterocycles. The summed E-state index contributed by atoms with van der Waals surface area (Å²) in [6, 6.07) is 121. The van der Waals surface area contributed by atoms with E-state index in [-0.39, 0.29) is 23.0 Å². The molecule has 5 heterocycles. The summed E-state index contributed by atoms with van der Waals surface area (Å²) in [7, 11) is 0. The summed E-state index contributed by atoms with van der Waals surface area (Å²) in [5.74, 6) is 3.15. The average Bonchev–Trinajstić information content (AvgIpc) is 0.763.